The van der Waals surface area contributed by atoms with Gasteiger partial charge in [-0.3, -0.25) is 4.79 Å². The molecule has 1 atom stereocenters. The summed E-state index contributed by atoms with van der Waals surface area (Å²) < 4.78 is 10.3. The van der Waals surface area contributed by atoms with Crippen LogP contribution in [0.25, 0.3) is 10.6 Å². The van der Waals surface area contributed by atoms with Gasteiger partial charge in [-0.05, 0) is 45.0 Å². The first-order valence-electron chi connectivity index (χ1n) is 8.06. The largest absolute Gasteiger partial charge is 0.494 e. The molecule has 0 aliphatic heterocycles. The van der Waals surface area contributed by atoms with E-state index in [0.717, 1.165) is 11.3 Å². The Hall–Kier alpha value is -2.45. The van der Waals surface area contributed by atoms with Crippen molar-refractivity contribution in [2.75, 3.05) is 20.3 Å². The molecule has 8 heteroatoms. The average Bonchev–Trinajstić information content (AvgIpc) is 2.98. The molecule has 26 heavy (non-hydrogen) atoms. The summed E-state index contributed by atoms with van der Waals surface area (Å²) in [4.78, 5) is 28.8. The number of carboxylic acids is 1. The molecular formula is C18H22N2O5S. The number of hydrogen-bond donors (Lipinski definition) is 2. The minimum atomic E-state index is -1.51. The second-order valence-corrected chi connectivity index (χ2v) is 6.91. The first-order valence-corrected chi connectivity index (χ1v) is 8.88. The fourth-order valence-corrected chi connectivity index (χ4v) is 3.31. The zero-order chi connectivity index (χ0) is 19.3. The van der Waals surface area contributed by atoms with Crippen molar-refractivity contribution in [1.82, 2.24) is 10.3 Å². The first-order chi connectivity index (χ1) is 12.3. The number of carbonyl (C=O) groups is 2. The van der Waals surface area contributed by atoms with Gasteiger partial charge in [-0.1, -0.05) is 0 Å². The molecule has 0 spiro atoms. The van der Waals surface area contributed by atoms with Gasteiger partial charge in [-0.2, -0.15) is 0 Å². The minimum absolute atomic E-state index is 0.141. The molecular weight excluding hydrogens is 356 g/mol. The quantitative estimate of drug-likeness (QED) is 0.733. The van der Waals surface area contributed by atoms with Crippen LogP contribution in [-0.2, 0) is 9.53 Å². The Bertz CT molecular complexity index is 787. The molecule has 0 saturated heterocycles. The van der Waals surface area contributed by atoms with Crippen molar-refractivity contribution in [3.8, 4) is 16.3 Å². The van der Waals surface area contributed by atoms with Crippen LogP contribution in [0.1, 0.15) is 29.2 Å². The highest BCUT2D eigenvalue weighted by Crippen LogP contribution is 2.29. The summed E-state index contributed by atoms with van der Waals surface area (Å²) in [5, 5.41) is 12.6. The highest BCUT2D eigenvalue weighted by molar-refractivity contribution is 7.17. The second kappa shape index (κ2) is 8.29. The smallest absolute Gasteiger partial charge is 0.331 e. The Kier molecular flexibility index (Phi) is 6.33. The molecule has 1 unspecified atom stereocenters. The summed E-state index contributed by atoms with van der Waals surface area (Å²) in [6.07, 6.45) is 0. The summed E-state index contributed by atoms with van der Waals surface area (Å²) in [5.41, 5.74) is -0.110. The number of benzene rings is 1. The number of rotatable bonds is 8. The number of nitrogens with zero attached hydrogens (tertiary/aromatic N) is 1. The molecule has 1 amide bonds. The van der Waals surface area contributed by atoms with Crippen LogP contribution in [0.3, 0.4) is 0 Å². The van der Waals surface area contributed by atoms with Gasteiger partial charge in [0.25, 0.3) is 5.91 Å². The number of methoxy groups -OCH3 is 1. The number of thiazole rings is 1. The SMILES string of the molecule is CCOc1ccc(-c2nc(C)c(C(=O)NC(C)(COC)C(=O)O)s2)cc1. The molecule has 0 aliphatic carbocycles. The van der Waals surface area contributed by atoms with Gasteiger partial charge in [0.05, 0.1) is 18.9 Å². The fourth-order valence-electron chi connectivity index (χ4n) is 2.34. The van der Waals surface area contributed by atoms with Crippen LogP contribution < -0.4 is 10.1 Å². The highest BCUT2D eigenvalue weighted by Gasteiger charge is 2.36. The maximum absolute atomic E-state index is 12.6. The molecule has 140 valence electrons. The fraction of sp³-hybridized carbons (Fsp3) is 0.389. The second-order valence-electron chi connectivity index (χ2n) is 5.92. The van der Waals surface area contributed by atoms with E-state index in [0.29, 0.717) is 22.2 Å². The monoisotopic (exact) mass is 378 g/mol. The third-order valence-corrected chi connectivity index (χ3v) is 4.91. The molecule has 1 aromatic heterocycles. The summed E-state index contributed by atoms with van der Waals surface area (Å²) in [6, 6.07) is 7.43. The summed E-state index contributed by atoms with van der Waals surface area (Å²) in [5.74, 6) is -0.889. The number of aromatic nitrogens is 1. The number of ether oxygens (including phenoxy) is 2. The standard InChI is InChI=1S/C18H22N2O5S/c1-5-25-13-8-6-12(7-9-13)16-19-11(2)14(26-16)15(21)20-18(3,10-24-4)17(22)23/h6-9H,5,10H2,1-4H3,(H,20,21)(H,22,23). The Balaban J connectivity index is 2.23. The Morgan fingerprint density at radius 3 is 2.50 bits per heavy atom. The molecule has 1 aromatic carbocycles. The van der Waals surface area contributed by atoms with Crippen molar-refractivity contribution in [3.63, 3.8) is 0 Å². The van der Waals surface area contributed by atoms with Gasteiger partial charge in [-0.25, -0.2) is 9.78 Å². The van der Waals surface area contributed by atoms with Gasteiger partial charge < -0.3 is 19.9 Å². The normalized spacial score (nSPS) is 13.1. The lowest BCUT2D eigenvalue weighted by molar-refractivity contribution is -0.145. The topological polar surface area (TPSA) is 97.8 Å². The van der Waals surface area contributed by atoms with Crippen LogP contribution in [0.2, 0.25) is 0 Å². The van der Waals surface area contributed by atoms with Crippen LogP contribution in [0.5, 0.6) is 5.75 Å². The van der Waals surface area contributed by atoms with E-state index in [1.807, 2.05) is 31.2 Å². The van der Waals surface area contributed by atoms with Crippen LogP contribution in [0.4, 0.5) is 0 Å². The predicted octanol–water partition coefficient (Wildman–Crippen LogP) is 2.74. The number of aryl methyl sites for hydroxylation is 1. The zero-order valence-electron chi connectivity index (χ0n) is 15.2. The molecule has 0 aliphatic rings. The lowest BCUT2D eigenvalue weighted by Crippen LogP contribution is -2.55. The zero-order valence-corrected chi connectivity index (χ0v) is 16.0. The number of hydrogen-bond acceptors (Lipinski definition) is 6. The third kappa shape index (κ3) is 4.39. The number of carboxylic acid groups (broad SMARTS) is 1. The van der Waals surface area contributed by atoms with Crippen LogP contribution in [-0.4, -0.2) is 47.8 Å². The molecule has 0 fully saturated rings. The lowest BCUT2D eigenvalue weighted by atomic mass is 10.0. The van der Waals surface area contributed by atoms with Crippen molar-refractivity contribution >= 4 is 23.2 Å². The van der Waals surface area contributed by atoms with E-state index < -0.39 is 17.4 Å². The molecule has 0 bridgehead atoms. The lowest BCUT2D eigenvalue weighted by Gasteiger charge is -2.24. The van der Waals surface area contributed by atoms with Gasteiger partial charge in [0, 0.05) is 12.7 Å². The van der Waals surface area contributed by atoms with E-state index >= 15 is 0 Å². The van der Waals surface area contributed by atoms with Gasteiger partial charge in [0.1, 0.15) is 15.6 Å². The Morgan fingerprint density at radius 2 is 1.96 bits per heavy atom. The van der Waals surface area contributed by atoms with E-state index in [4.69, 9.17) is 9.47 Å². The molecule has 0 radical (unpaired) electrons. The van der Waals surface area contributed by atoms with Crippen molar-refractivity contribution in [3.05, 3.63) is 34.8 Å². The molecule has 2 rings (SSSR count). The summed E-state index contributed by atoms with van der Waals surface area (Å²) in [6.45, 7) is 5.48. The highest BCUT2D eigenvalue weighted by atomic mass is 32.1. The number of aliphatic carboxylic acids is 1. The maximum atomic E-state index is 12.6. The van der Waals surface area contributed by atoms with Crippen molar-refractivity contribution < 1.29 is 24.2 Å². The van der Waals surface area contributed by atoms with Crippen LogP contribution >= 0.6 is 11.3 Å². The Morgan fingerprint density at radius 1 is 1.31 bits per heavy atom. The number of nitrogens with one attached hydrogen (secondary N) is 1. The van der Waals surface area contributed by atoms with Gasteiger partial charge in [0.2, 0.25) is 0 Å². The van der Waals surface area contributed by atoms with Crippen molar-refractivity contribution in [2.24, 2.45) is 0 Å². The van der Waals surface area contributed by atoms with E-state index in [1.165, 1.54) is 25.4 Å². The molecule has 0 saturated carbocycles. The maximum Gasteiger partial charge on any atom is 0.331 e. The van der Waals surface area contributed by atoms with E-state index in [-0.39, 0.29) is 6.61 Å². The minimum Gasteiger partial charge on any atom is -0.494 e. The van der Waals surface area contributed by atoms with Gasteiger partial charge in [-0.15, -0.1) is 11.3 Å². The van der Waals surface area contributed by atoms with E-state index in [2.05, 4.69) is 10.3 Å². The summed E-state index contributed by atoms with van der Waals surface area (Å²) >= 11 is 1.21. The number of carbonyl (C=O) groups excluding carboxylic acids is 1. The molecule has 7 nitrogen and oxygen atoms in total. The Labute approximate surface area is 156 Å². The molecule has 2 aromatic rings. The van der Waals surface area contributed by atoms with Gasteiger partial charge in [0.15, 0.2) is 5.54 Å². The molecule has 1 heterocycles. The van der Waals surface area contributed by atoms with E-state index in [1.54, 1.807) is 6.92 Å². The summed E-state index contributed by atoms with van der Waals surface area (Å²) in [7, 11) is 1.38. The average molecular weight is 378 g/mol. The molecule has 2 N–H and O–H groups in total. The van der Waals surface area contributed by atoms with Crippen molar-refractivity contribution in [1.29, 1.82) is 0 Å². The first kappa shape index (κ1) is 19.9. The predicted molar refractivity (Wildman–Crippen MR) is 98.8 cm³/mol. The van der Waals surface area contributed by atoms with Crippen LogP contribution in [0.15, 0.2) is 24.3 Å². The van der Waals surface area contributed by atoms with Crippen molar-refractivity contribution in [2.45, 2.75) is 26.3 Å². The van der Waals surface area contributed by atoms with E-state index in [9.17, 15) is 14.7 Å². The number of amides is 1. The third-order valence-electron chi connectivity index (χ3n) is 3.71. The van der Waals surface area contributed by atoms with Gasteiger partial charge >= 0.3 is 5.97 Å². The van der Waals surface area contributed by atoms with Crippen LogP contribution in [0, 0.1) is 6.92 Å².